The molecule has 3 rings (SSSR count). The molecule has 1 amide bonds. The molecular formula is C14H12ClNO4. The van der Waals surface area contributed by atoms with Gasteiger partial charge >= 0.3 is 5.97 Å². The fourth-order valence-electron chi connectivity index (χ4n) is 2.67. The van der Waals surface area contributed by atoms with Crippen LogP contribution in [-0.4, -0.2) is 29.2 Å². The lowest BCUT2D eigenvalue weighted by atomic mass is 9.82. The van der Waals surface area contributed by atoms with Crippen LogP contribution in [-0.2, 0) is 14.3 Å². The Morgan fingerprint density at radius 2 is 1.70 bits per heavy atom. The van der Waals surface area contributed by atoms with Crippen molar-refractivity contribution in [2.45, 2.75) is 12.2 Å². The summed E-state index contributed by atoms with van der Waals surface area (Å²) in [6.45, 7) is 0. The van der Waals surface area contributed by atoms with Gasteiger partial charge in [-0.15, -0.1) is 0 Å². The van der Waals surface area contributed by atoms with Crippen molar-refractivity contribution in [3.63, 3.8) is 0 Å². The minimum atomic E-state index is -1.02. The van der Waals surface area contributed by atoms with E-state index in [1.54, 1.807) is 36.4 Å². The highest BCUT2D eigenvalue weighted by Gasteiger charge is 2.53. The fraction of sp³-hybridized carbons (Fsp3) is 0.286. The predicted molar refractivity (Wildman–Crippen MR) is 72.5 cm³/mol. The average Bonchev–Trinajstić information content (AvgIpc) is 3.01. The van der Waals surface area contributed by atoms with Crippen molar-refractivity contribution < 1.29 is 19.4 Å². The molecule has 0 spiro atoms. The van der Waals surface area contributed by atoms with E-state index in [4.69, 9.17) is 16.3 Å². The zero-order chi connectivity index (χ0) is 14.3. The van der Waals surface area contributed by atoms with Gasteiger partial charge in [-0.05, 0) is 24.3 Å². The number of nitrogens with one attached hydrogen (secondary N) is 1. The van der Waals surface area contributed by atoms with Crippen LogP contribution in [0.5, 0.6) is 0 Å². The molecule has 2 bridgehead atoms. The van der Waals surface area contributed by atoms with Gasteiger partial charge in [0.1, 0.15) is 5.92 Å². The lowest BCUT2D eigenvalue weighted by Gasteiger charge is -2.20. The summed E-state index contributed by atoms with van der Waals surface area (Å²) < 4.78 is 5.46. The number of carbonyl (C=O) groups excluding carboxylic acids is 1. The van der Waals surface area contributed by atoms with Crippen molar-refractivity contribution in [2.24, 2.45) is 11.8 Å². The summed E-state index contributed by atoms with van der Waals surface area (Å²) in [5, 5.41) is 12.5. The number of halogens is 1. The number of ether oxygens (including phenoxy) is 1. The number of amides is 1. The highest BCUT2D eigenvalue weighted by Crippen LogP contribution is 2.39. The van der Waals surface area contributed by atoms with Gasteiger partial charge in [0.05, 0.1) is 18.1 Å². The van der Waals surface area contributed by atoms with E-state index in [-0.39, 0.29) is 5.91 Å². The van der Waals surface area contributed by atoms with Crippen LogP contribution >= 0.6 is 11.6 Å². The van der Waals surface area contributed by atoms with E-state index in [2.05, 4.69) is 5.32 Å². The third-order valence-corrected chi connectivity index (χ3v) is 3.85. The van der Waals surface area contributed by atoms with Crippen LogP contribution in [0, 0.1) is 11.8 Å². The monoisotopic (exact) mass is 293 g/mol. The van der Waals surface area contributed by atoms with Gasteiger partial charge in [0.25, 0.3) is 0 Å². The summed E-state index contributed by atoms with van der Waals surface area (Å²) in [7, 11) is 0. The minimum Gasteiger partial charge on any atom is -0.481 e. The van der Waals surface area contributed by atoms with E-state index in [1.165, 1.54) is 0 Å². The summed E-state index contributed by atoms with van der Waals surface area (Å²) in [4.78, 5) is 23.6. The summed E-state index contributed by atoms with van der Waals surface area (Å²) in [6.07, 6.45) is 2.47. The van der Waals surface area contributed by atoms with Crippen molar-refractivity contribution in [2.75, 3.05) is 5.32 Å². The Kier molecular flexibility index (Phi) is 3.23. The quantitative estimate of drug-likeness (QED) is 0.835. The lowest BCUT2D eigenvalue weighted by molar-refractivity contribution is -0.145. The molecule has 1 fully saturated rings. The molecule has 20 heavy (non-hydrogen) atoms. The number of carbonyl (C=O) groups is 2. The first-order valence-electron chi connectivity index (χ1n) is 6.19. The summed E-state index contributed by atoms with van der Waals surface area (Å²) in [5.74, 6) is -2.91. The van der Waals surface area contributed by atoms with Crippen molar-refractivity contribution in [3.8, 4) is 0 Å². The molecule has 6 heteroatoms. The molecule has 2 aliphatic heterocycles. The van der Waals surface area contributed by atoms with Crippen LogP contribution in [0.1, 0.15) is 0 Å². The number of hydrogen-bond donors (Lipinski definition) is 2. The molecule has 0 unspecified atom stereocenters. The first kappa shape index (κ1) is 13.1. The van der Waals surface area contributed by atoms with E-state index < -0.39 is 30.0 Å². The van der Waals surface area contributed by atoms with Gasteiger partial charge in [-0.3, -0.25) is 9.59 Å². The molecule has 4 atom stereocenters. The van der Waals surface area contributed by atoms with Crippen molar-refractivity contribution >= 4 is 29.2 Å². The SMILES string of the molecule is O=C(O)[C@@H]1[C@@H](C(=O)Nc2ccc(Cl)cc2)[C@@H]2C=C[C@@H]1O2. The molecule has 5 nitrogen and oxygen atoms in total. The van der Waals surface area contributed by atoms with Crippen LogP contribution < -0.4 is 5.32 Å². The highest BCUT2D eigenvalue weighted by atomic mass is 35.5. The largest absolute Gasteiger partial charge is 0.481 e. The average molecular weight is 294 g/mol. The van der Waals surface area contributed by atoms with Crippen LogP contribution in [0.25, 0.3) is 0 Å². The zero-order valence-electron chi connectivity index (χ0n) is 10.3. The molecule has 1 aromatic rings. The highest BCUT2D eigenvalue weighted by molar-refractivity contribution is 6.30. The lowest BCUT2D eigenvalue weighted by Crippen LogP contribution is -2.39. The van der Waals surface area contributed by atoms with Crippen molar-refractivity contribution in [1.29, 1.82) is 0 Å². The number of rotatable bonds is 3. The Balaban J connectivity index is 1.78. The first-order valence-corrected chi connectivity index (χ1v) is 6.57. The van der Waals surface area contributed by atoms with Gasteiger partial charge in [-0.1, -0.05) is 23.8 Å². The number of aliphatic carboxylic acids is 1. The van der Waals surface area contributed by atoms with Gasteiger partial charge in [-0.2, -0.15) is 0 Å². The Morgan fingerprint density at radius 1 is 1.10 bits per heavy atom. The maximum atomic E-state index is 12.3. The number of anilines is 1. The number of carboxylic acid groups (broad SMARTS) is 1. The Hall–Kier alpha value is -1.85. The summed E-state index contributed by atoms with van der Waals surface area (Å²) >= 11 is 5.77. The first-order chi connectivity index (χ1) is 9.56. The number of benzene rings is 1. The van der Waals surface area contributed by atoms with Gasteiger partial charge in [-0.25, -0.2) is 0 Å². The smallest absolute Gasteiger partial charge is 0.310 e. The standard InChI is InChI=1S/C14H12ClNO4/c15-7-1-3-8(4-2-7)16-13(17)11-9-5-6-10(20-9)12(11)14(18)19/h1-6,9-12H,(H,16,17)(H,18,19)/t9-,10-,11-,12-/m0/s1. The van der Waals surface area contributed by atoms with Crippen molar-refractivity contribution in [1.82, 2.24) is 0 Å². The maximum Gasteiger partial charge on any atom is 0.310 e. The summed E-state index contributed by atoms with van der Waals surface area (Å²) in [6, 6.07) is 6.64. The molecule has 0 aliphatic carbocycles. The normalized spacial score (nSPS) is 30.4. The third-order valence-electron chi connectivity index (χ3n) is 3.60. The number of carboxylic acids is 1. The second-order valence-corrected chi connectivity index (χ2v) is 5.27. The van der Waals surface area contributed by atoms with Gasteiger partial charge in [0.2, 0.25) is 5.91 Å². The molecule has 2 aliphatic rings. The van der Waals surface area contributed by atoms with Gasteiger partial charge < -0.3 is 15.2 Å². The molecule has 0 aromatic heterocycles. The zero-order valence-corrected chi connectivity index (χ0v) is 11.1. The van der Waals surface area contributed by atoms with Crippen molar-refractivity contribution in [3.05, 3.63) is 41.4 Å². The second-order valence-electron chi connectivity index (χ2n) is 4.84. The molecule has 0 radical (unpaired) electrons. The molecule has 2 N–H and O–H groups in total. The molecule has 1 saturated heterocycles. The van der Waals surface area contributed by atoms with Crippen LogP contribution in [0.2, 0.25) is 5.02 Å². The number of hydrogen-bond acceptors (Lipinski definition) is 3. The minimum absolute atomic E-state index is 0.350. The molecule has 1 aromatic carbocycles. The van der Waals surface area contributed by atoms with E-state index in [9.17, 15) is 14.7 Å². The Labute approximate surface area is 120 Å². The number of fused-ring (bicyclic) bond motifs is 2. The predicted octanol–water partition coefficient (Wildman–Crippen LogP) is 1.93. The van der Waals surface area contributed by atoms with Gasteiger partial charge in [0, 0.05) is 10.7 Å². The molecular weight excluding hydrogens is 282 g/mol. The molecule has 0 saturated carbocycles. The second kappa shape index (κ2) is 4.92. The topological polar surface area (TPSA) is 75.6 Å². The van der Waals surface area contributed by atoms with E-state index in [0.29, 0.717) is 10.7 Å². The van der Waals surface area contributed by atoms with E-state index in [0.717, 1.165) is 0 Å². The molecule has 2 heterocycles. The van der Waals surface area contributed by atoms with E-state index in [1.807, 2.05) is 0 Å². The van der Waals surface area contributed by atoms with Crippen LogP contribution in [0.15, 0.2) is 36.4 Å². The molecule has 104 valence electrons. The third kappa shape index (κ3) is 2.19. The fourth-order valence-corrected chi connectivity index (χ4v) is 2.80. The Morgan fingerprint density at radius 3 is 2.30 bits per heavy atom. The van der Waals surface area contributed by atoms with Gasteiger partial charge in [0.15, 0.2) is 0 Å². The van der Waals surface area contributed by atoms with E-state index >= 15 is 0 Å². The van der Waals surface area contributed by atoms with Crippen LogP contribution in [0.3, 0.4) is 0 Å². The van der Waals surface area contributed by atoms with Crippen LogP contribution in [0.4, 0.5) is 5.69 Å². The Bertz CT molecular complexity index is 583. The summed E-state index contributed by atoms with van der Waals surface area (Å²) in [5.41, 5.74) is 0.579. The maximum absolute atomic E-state index is 12.3.